The van der Waals surface area contributed by atoms with E-state index in [4.69, 9.17) is 0 Å². The molecule has 0 radical (unpaired) electrons. The zero-order chi connectivity index (χ0) is 23.0. The molecule has 0 atom stereocenters. The molecule has 2 fully saturated rings. The van der Waals surface area contributed by atoms with Gasteiger partial charge >= 0.3 is 0 Å². The van der Waals surface area contributed by atoms with Gasteiger partial charge in [0.25, 0.3) is 0 Å². The van der Waals surface area contributed by atoms with Crippen LogP contribution in [0.4, 0.5) is 0 Å². The second-order valence-corrected chi connectivity index (χ2v) is 13.2. The highest BCUT2D eigenvalue weighted by molar-refractivity contribution is 7.92. The van der Waals surface area contributed by atoms with Gasteiger partial charge in [-0.1, -0.05) is 25.3 Å². The number of hydrogen-bond acceptors (Lipinski definition) is 5. The van der Waals surface area contributed by atoms with Crippen molar-refractivity contribution >= 4 is 25.8 Å². The third-order valence-electron chi connectivity index (χ3n) is 6.88. The number of carbonyl (C=O) groups is 1. The van der Waals surface area contributed by atoms with Gasteiger partial charge in [-0.2, -0.15) is 0 Å². The topological polar surface area (TPSA) is 101 Å². The van der Waals surface area contributed by atoms with Crippen LogP contribution in [0, 0.1) is 27.7 Å². The lowest BCUT2D eigenvalue weighted by Gasteiger charge is -2.41. The molecule has 1 aliphatic heterocycles. The Morgan fingerprint density at radius 1 is 0.935 bits per heavy atom. The molecule has 1 amide bonds. The van der Waals surface area contributed by atoms with Crippen molar-refractivity contribution < 1.29 is 21.6 Å². The first-order valence-electron chi connectivity index (χ1n) is 11.0. The first kappa shape index (κ1) is 24.2. The summed E-state index contributed by atoms with van der Waals surface area (Å²) in [5.41, 5.74) is 3.23. The molecular formula is C22H34N2O5S2. The number of sulfonamides is 1. The first-order chi connectivity index (χ1) is 14.4. The number of sulfone groups is 1. The smallest absolute Gasteiger partial charge is 0.241 e. The Bertz CT molecular complexity index is 1030. The molecule has 1 N–H and O–H groups in total. The number of hydrogen-bond donors (Lipinski definition) is 1. The van der Waals surface area contributed by atoms with Gasteiger partial charge in [0, 0.05) is 26.1 Å². The average Bonchev–Trinajstić information content (AvgIpc) is 2.65. The van der Waals surface area contributed by atoms with Gasteiger partial charge in [-0.3, -0.25) is 4.79 Å². The van der Waals surface area contributed by atoms with Crippen LogP contribution in [0.25, 0.3) is 0 Å². The van der Waals surface area contributed by atoms with Crippen LogP contribution >= 0.6 is 0 Å². The van der Waals surface area contributed by atoms with E-state index in [1.165, 1.54) is 4.90 Å². The Balaban J connectivity index is 1.54. The number of nitrogens with zero attached hydrogens (tertiary/aromatic N) is 1. The maximum Gasteiger partial charge on any atom is 0.241 e. The normalized spacial score (nSPS) is 18.8. The van der Waals surface area contributed by atoms with Crippen LogP contribution in [0.15, 0.2) is 11.0 Å². The fourth-order valence-corrected chi connectivity index (χ4v) is 8.58. The maximum absolute atomic E-state index is 12.9. The summed E-state index contributed by atoms with van der Waals surface area (Å²) in [7, 11) is -6.94. The number of carbonyl (C=O) groups excluding carboxylic acids is 1. The predicted octanol–water partition coefficient (Wildman–Crippen LogP) is 2.55. The minimum Gasteiger partial charge on any atom is -0.340 e. The van der Waals surface area contributed by atoms with Gasteiger partial charge in [-0.05, 0) is 62.8 Å². The summed E-state index contributed by atoms with van der Waals surface area (Å²) in [5.74, 6) is -0.216. The number of amides is 1. The summed E-state index contributed by atoms with van der Waals surface area (Å²) >= 11 is 0. The van der Waals surface area contributed by atoms with Crippen LogP contribution in [0.3, 0.4) is 0 Å². The SMILES string of the molecule is Cc1cc(C)c(C)c(S(=O)(=O)NCCC(=O)N2CC(S(=O)(=O)C3CCCCC3)C2)c1C. The minimum atomic E-state index is -3.74. The molecule has 7 nitrogen and oxygen atoms in total. The van der Waals surface area contributed by atoms with E-state index in [0.717, 1.165) is 43.2 Å². The minimum absolute atomic E-state index is 0.0103. The lowest BCUT2D eigenvalue weighted by molar-refractivity contribution is -0.134. The fourth-order valence-electron chi connectivity index (χ4n) is 4.62. The molecule has 1 saturated carbocycles. The van der Waals surface area contributed by atoms with Gasteiger partial charge in [-0.25, -0.2) is 21.6 Å². The van der Waals surface area contributed by atoms with Crippen molar-refractivity contribution in [1.29, 1.82) is 0 Å². The highest BCUT2D eigenvalue weighted by atomic mass is 32.2. The van der Waals surface area contributed by atoms with Gasteiger partial charge in [0.2, 0.25) is 15.9 Å². The molecule has 1 aromatic rings. The van der Waals surface area contributed by atoms with Crippen molar-refractivity contribution in [2.75, 3.05) is 19.6 Å². The second kappa shape index (κ2) is 9.19. The van der Waals surface area contributed by atoms with Crippen LogP contribution in [0.2, 0.25) is 0 Å². The number of likely N-dealkylation sites (tertiary alicyclic amines) is 1. The molecule has 1 saturated heterocycles. The molecule has 1 aliphatic carbocycles. The van der Waals surface area contributed by atoms with E-state index in [2.05, 4.69) is 4.72 Å². The van der Waals surface area contributed by atoms with Crippen LogP contribution in [0.1, 0.15) is 60.8 Å². The Kier molecular flexibility index (Phi) is 7.18. The largest absolute Gasteiger partial charge is 0.340 e. The summed E-state index contributed by atoms with van der Waals surface area (Å²) in [6, 6.07) is 1.97. The molecule has 0 aromatic heterocycles. The van der Waals surface area contributed by atoms with E-state index in [1.807, 2.05) is 19.9 Å². The van der Waals surface area contributed by atoms with E-state index in [0.29, 0.717) is 11.1 Å². The molecule has 31 heavy (non-hydrogen) atoms. The fraction of sp³-hybridized carbons (Fsp3) is 0.682. The van der Waals surface area contributed by atoms with Crippen molar-refractivity contribution in [3.8, 4) is 0 Å². The molecule has 0 unspecified atom stereocenters. The van der Waals surface area contributed by atoms with Crippen LogP contribution < -0.4 is 4.72 Å². The molecule has 3 rings (SSSR count). The monoisotopic (exact) mass is 470 g/mol. The average molecular weight is 471 g/mol. The Hall–Kier alpha value is -1.45. The molecule has 1 heterocycles. The molecular weight excluding hydrogens is 436 g/mol. The first-order valence-corrected chi connectivity index (χ1v) is 14.1. The summed E-state index contributed by atoms with van der Waals surface area (Å²) in [5, 5.41) is -0.739. The van der Waals surface area contributed by atoms with Gasteiger partial charge in [-0.15, -0.1) is 0 Å². The van der Waals surface area contributed by atoms with Crippen LogP contribution in [-0.4, -0.2) is 57.8 Å². The third kappa shape index (κ3) is 4.98. The summed E-state index contributed by atoms with van der Waals surface area (Å²) in [6.45, 7) is 7.77. The number of benzene rings is 1. The standard InChI is InChI=1S/C22H34N2O5S2/c1-15-12-16(2)18(4)22(17(15)3)31(28,29)23-11-10-21(25)24-13-20(14-24)30(26,27)19-8-6-5-7-9-19/h12,19-20,23H,5-11,13-14H2,1-4H3. The Morgan fingerprint density at radius 2 is 1.48 bits per heavy atom. The number of rotatable bonds is 7. The highest BCUT2D eigenvalue weighted by Gasteiger charge is 2.43. The van der Waals surface area contributed by atoms with E-state index >= 15 is 0 Å². The Morgan fingerprint density at radius 3 is 2.03 bits per heavy atom. The van der Waals surface area contributed by atoms with Crippen LogP contribution in [-0.2, 0) is 24.7 Å². The second-order valence-electron chi connectivity index (χ2n) is 9.01. The van der Waals surface area contributed by atoms with Gasteiger partial charge in [0.05, 0.1) is 15.4 Å². The summed E-state index contributed by atoms with van der Waals surface area (Å²) < 4.78 is 53.7. The van der Waals surface area contributed by atoms with Gasteiger partial charge in [0.1, 0.15) is 0 Å². The molecule has 0 bridgehead atoms. The quantitative estimate of drug-likeness (QED) is 0.660. The summed E-state index contributed by atoms with van der Waals surface area (Å²) in [6.07, 6.45) is 4.48. The van der Waals surface area contributed by atoms with Gasteiger partial charge in [0.15, 0.2) is 9.84 Å². The maximum atomic E-state index is 12.9. The van der Waals surface area contributed by atoms with Crippen molar-refractivity contribution in [2.24, 2.45) is 0 Å². The zero-order valence-corrected chi connectivity index (χ0v) is 20.5. The number of aryl methyl sites for hydroxylation is 2. The van der Waals surface area contributed by atoms with E-state index in [1.54, 1.807) is 13.8 Å². The number of nitrogens with one attached hydrogen (secondary N) is 1. The third-order valence-corrected chi connectivity index (χ3v) is 11.2. The van der Waals surface area contributed by atoms with E-state index in [9.17, 15) is 21.6 Å². The van der Waals surface area contributed by atoms with Crippen molar-refractivity contribution in [3.05, 3.63) is 28.3 Å². The highest BCUT2D eigenvalue weighted by Crippen LogP contribution is 2.30. The van der Waals surface area contributed by atoms with Crippen molar-refractivity contribution in [1.82, 2.24) is 9.62 Å². The molecule has 1 aromatic carbocycles. The van der Waals surface area contributed by atoms with Crippen molar-refractivity contribution in [2.45, 2.75) is 81.6 Å². The van der Waals surface area contributed by atoms with E-state index < -0.39 is 25.1 Å². The molecule has 9 heteroatoms. The lowest BCUT2D eigenvalue weighted by Crippen LogP contribution is -2.59. The predicted molar refractivity (Wildman–Crippen MR) is 121 cm³/mol. The molecule has 2 aliphatic rings. The van der Waals surface area contributed by atoms with Gasteiger partial charge < -0.3 is 4.90 Å². The molecule has 0 spiro atoms. The van der Waals surface area contributed by atoms with Crippen molar-refractivity contribution in [3.63, 3.8) is 0 Å². The zero-order valence-electron chi connectivity index (χ0n) is 18.9. The molecule has 174 valence electrons. The van der Waals surface area contributed by atoms with E-state index in [-0.39, 0.29) is 42.1 Å². The summed E-state index contributed by atoms with van der Waals surface area (Å²) in [4.78, 5) is 14.2. The van der Waals surface area contributed by atoms with Crippen LogP contribution in [0.5, 0.6) is 0 Å². The lowest BCUT2D eigenvalue weighted by atomic mass is 10.0. The Labute approximate surface area is 186 Å².